The van der Waals surface area contributed by atoms with Crippen LogP contribution in [-0.4, -0.2) is 41.9 Å². The van der Waals surface area contributed by atoms with Gasteiger partial charge in [-0.05, 0) is 60.3 Å². The molecule has 1 aromatic carbocycles. The van der Waals surface area contributed by atoms with Gasteiger partial charge in [-0.25, -0.2) is 0 Å². The van der Waals surface area contributed by atoms with Crippen molar-refractivity contribution < 1.29 is 14.3 Å². The van der Waals surface area contributed by atoms with E-state index < -0.39 is 0 Å². The van der Waals surface area contributed by atoms with Crippen molar-refractivity contribution >= 4 is 44.8 Å². The number of nitrogens with one attached hydrogen (secondary N) is 3. The van der Waals surface area contributed by atoms with Crippen LogP contribution in [0.15, 0.2) is 21.7 Å². The molecule has 1 saturated carbocycles. The summed E-state index contributed by atoms with van der Waals surface area (Å²) in [4.78, 5) is 13.0. The number of amides is 1. The molecule has 1 heterocycles. The van der Waals surface area contributed by atoms with Gasteiger partial charge in [-0.2, -0.15) is 5.10 Å². The molecule has 0 bridgehead atoms. The maximum atomic E-state index is 12.3. The van der Waals surface area contributed by atoms with Crippen LogP contribution in [0.5, 0.6) is 11.5 Å². The minimum atomic E-state index is -0.0981. The van der Waals surface area contributed by atoms with E-state index in [0.717, 1.165) is 28.6 Å². The number of ether oxygens (including phenoxy) is 2. The molecule has 0 saturated heterocycles. The maximum absolute atomic E-state index is 12.3. The van der Waals surface area contributed by atoms with E-state index in [2.05, 4.69) is 37.1 Å². The van der Waals surface area contributed by atoms with Crippen molar-refractivity contribution in [1.29, 1.82) is 0 Å². The monoisotopic (exact) mass is 496 g/mol. The van der Waals surface area contributed by atoms with E-state index in [1.165, 1.54) is 19.3 Å². The highest BCUT2D eigenvalue weighted by Crippen LogP contribution is 2.37. The molecule has 0 spiro atoms. The van der Waals surface area contributed by atoms with Crippen molar-refractivity contribution in [3.05, 3.63) is 22.2 Å². The minimum Gasteiger partial charge on any atom is -0.490 e. The van der Waals surface area contributed by atoms with Gasteiger partial charge in [0.15, 0.2) is 18.1 Å². The summed E-state index contributed by atoms with van der Waals surface area (Å²) < 4.78 is 12.4. The SMILES string of the molecule is CCOc1cc(CNC2C(=S)NN=C2C)cc(Br)c1OCC(=O)NC1CCCCC1. The number of halogens is 1. The largest absolute Gasteiger partial charge is 0.490 e. The van der Waals surface area contributed by atoms with Crippen LogP contribution in [0.4, 0.5) is 0 Å². The van der Waals surface area contributed by atoms with Crippen LogP contribution in [0.2, 0.25) is 0 Å². The standard InChI is InChI=1S/C21H29BrN4O3S/c1-3-28-17-10-14(11-23-19-13(2)25-26-21(19)30)9-16(22)20(17)29-12-18(27)24-15-7-5-4-6-8-15/h9-10,15,19,23H,3-8,11-12H2,1-2H3,(H,24,27)(H,26,30). The van der Waals surface area contributed by atoms with Crippen LogP contribution in [-0.2, 0) is 11.3 Å². The van der Waals surface area contributed by atoms with Gasteiger partial charge < -0.3 is 14.8 Å². The summed E-state index contributed by atoms with van der Waals surface area (Å²) in [5, 5.41) is 10.6. The molecular formula is C21H29BrN4O3S. The van der Waals surface area contributed by atoms with Crippen LogP contribution in [0, 0.1) is 0 Å². The predicted molar refractivity (Wildman–Crippen MR) is 125 cm³/mol. The third-order valence-corrected chi connectivity index (χ3v) is 6.14. The fourth-order valence-electron chi connectivity index (χ4n) is 3.70. The van der Waals surface area contributed by atoms with Crippen LogP contribution < -0.4 is 25.5 Å². The van der Waals surface area contributed by atoms with Gasteiger partial charge in [-0.3, -0.25) is 15.5 Å². The average molecular weight is 497 g/mol. The van der Waals surface area contributed by atoms with Gasteiger partial charge in [-0.15, -0.1) is 0 Å². The zero-order valence-corrected chi connectivity index (χ0v) is 19.8. The number of hydrazone groups is 1. The van der Waals surface area contributed by atoms with Gasteiger partial charge in [0, 0.05) is 12.6 Å². The first-order chi connectivity index (χ1) is 14.5. The number of hydrogen-bond donors (Lipinski definition) is 3. The van der Waals surface area contributed by atoms with Gasteiger partial charge in [-0.1, -0.05) is 31.5 Å². The Morgan fingerprint density at radius 1 is 1.30 bits per heavy atom. The maximum Gasteiger partial charge on any atom is 0.258 e. The zero-order chi connectivity index (χ0) is 21.5. The number of thiocarbonyl (C=S) groups is 1. The molecule has 164 valence electrons. The summed E-state index contributed by atoms with van der Waals surface area (Å²) in [5.41, 5.74) is 4.75. The van der Waals surface area contributed by atoms with Crippen LogP contribution in [0.1, 0.15) is 51.5 Å². The Kier molecular flexibility index (Phi) is 8.47. The number of hydrogen-bond acceptors (Lipinski definition) is 6. The summed E-state index contributed by atoms with van der Waals surface area (Å²) in [6.45, 7) is 4.89. The first-order valence-electron chi connectivity index (χ1n) is 10.4. The predicted octanol–water partition coefficient (Wildman–Crippen LogP) is 3.44. The lowest BCUT2D eigenvalue weighted by atomic mass is 9.95. The van der Waals surface area contributed by atoms with Gasteiger partial charge in [0.05, 0.1) is 16.8 Å². The van der Waals surface area contributed by atoms with Crippen molar-refractivity contribution in [3.8, 4) is 11.5 Å². The lowest BCUT2D eigenvalue weighted by Crippen LogP contribution is -2.40. The molecule has 0 radical (unpaired) electrons. The molecule has 1 atom stereocenters. The summed E-state index contributed by atoms with van der Waals surface area (Å²) in [7, 11) is 0. The van der Waals surface area contributed by atoms with Gasteiger partial charge in [0.2, 0.25) is 0 Å². The number of carbonyl (C=O) groups excluding carboxylic acids is 1. The quantitative estimate of drug-likeness (QED) is 0.454. The van der Waals surface area contributed by atoms with E-state index in [0.29, 0.717) is 29.6 Å². The topological polar surface area (TPSA) is 84.0 Å². The fourth-order valence-corrected chi connectivity index (χ4v) is 4.61. The molecule has 1 amide bonds. The summed E-state index contributed by atoms with van der Waals surface area (Å²) in [6, 6.07) is 4.07. The molecule has 9 heteroatoms. The second-order valence-corrected chi connectivity index (χ2v) is 8.87. The van der Waals surface area contributed by atoms with Gasteiger partial charge in [0.25, 0.3) is 5.91 Å². The second kappa shape index (κ2) is 11.1. The Bertz CT molecular complexity index is 812. The van der Waals surface area contributed by atoms with E-state index >= 15 is 0 Å². The molecule has 7 nitrogen and oxygen atoms in total. The second-order valence-electron chi connectivity index (χ2n) is 7.57. The van der Waals surface area contributed by atoms with Crippen molar-refractivity contribution in [2.75, 3.05) is 13.2 Å². The van der Waals surface area contributed by atoms with Crippen LogP contribution >= 0.6 is 28.1 Å². The van der Waals surface area contributed by atoms with Gasteiger partial charge in [0.1, 0.15) is 11.0 Å². The van der Waals surface area contributed by atoms with E-state index in [4.69, 9.17) is 21.7 Å². The Labute approximate surface area is 191 Å². The molecule has 30 heavy (non-hydrogen) atoms. The van der Waals surface area contributed by atoms with Crippen molar-refractivity contribution in [2.45, 2.75) is 64.6 Å². The molecule has 1 aromatic rings. The molecule has 0 aromatic heterocycles. The minimum absolute atomic E-state index is 0.0373. The van der Waals surface area contributed by atoms with Crippen molar-refractivity contribution in [2.24, 2.45) is 5.10 Å². The molecular weight excluding hydrogens is 468 g/mol. The number of benzene rings is 1. The molecule has 1 fully saturated rings. The Morgan fingerprint density at radius 3 is 2.73 bits per heavy atom. The lowest BCUT2D eigenvalue weighted by molar-refractivity contribution is -0.124. The zero-order valence-electron chi connectivity index (χ0n) is 17.4. The molecule has 1 unspecified atom stereocenters. The summed E-state index contributed by atoms with van der Waals surface area (Å²) >= 11 is 8.85. The third-order valence-electron chi connectivity index (χ3n) is 5.22. The molecule has 1 aliphatic carbocycles. The molecule has 2 aliphatic rings. The summed E-state index contributed by atoms with van der Waals surface area (Å²) in [5.74, 6) is 1.04. The fraction of sp³-hybridized carbons (Fsp3) is 0.571. The summed E-state index contributed by atoms with van der Waals surface area (Å²) in [6.07, 6.45) is 5.70. The van der Waals surface area contributed by atoms with E-state index in [1.807, 2.05) is 26.0 Å². The normalized spacial score (nSPS) is 19.2. The Balaban J connectivity index is 1.61. The third kappa shape index (κ3) is 6.15. The van der Waals surface area contributed by atoms with E-state index in [9.17, 15) is 4.79 Å². The van der Waals surface area contributed by atoms with E-state index in [1.54, 1.807) is 0 Å². The first-order valence-corrected chi connectivity index (χ1v) is 11.6. The number of rotatable bonds is 9. The number of nitrogens with zero attached hydrogens (tertiary/aromatic N) is 1. The number of carbonyl (C=O) groups is 1. The highest BCUT2D eigenvalue weighted by atomic mass is 79.9. The molecule has 3 rings (SSSR count). The molecule has 1 aliphatic heterocycles. The Morgan fingerprint density at radius 2 is 2.07 bits per heavy atom. The van der Waals surface area contributed by atoms with Crippen LogP contribution in [0.3, 0.4) is 0 Å². The first kappa shape index (κ1) is 23.0. The lowest BCUT2D eigenvalue weighted by Gasteiger charge is -2.23. The smallest absolute Gasteiger partial charge is 0.258 e. The Hall–Kier alpha value is -1.71. The van der Waals surface area contributed by atoms with Crippen LogP contribution in [0.25, 0.3) is 0 Å². The highest BCUT2D eigenvalue weighted by molar-refractivity contribution is 9.10. The average Bonchev–Trinajstić information content (AvgIpc) is 3.04. The van der Waals surface area contributed by atoms with E-state index in [-0.39, 0.29) is 24.6 Å². The van der Waals surface area contributed by atoms with Crippen molar-refractivity contribution in [1.82, 2.24) is 16.1 Å². The molecule has 3 N–H and O–H groups in total. The highest BCUT2D eigenvalue weighted by Gasteiger charge is 2.23. The van der Waals surface area contributed by atoms with Crippen molar-refractivity contribution in [3.63, 3.8) is 0 Å². The van der Waals surface area contributed by atoms with Gasteiger partial charge >= 0.3 is 0 Å².